The zero-order valence-electron chi connectivity index (χ0n) is 17.0. The van der Waals surface area contributed by atoms with Gasteiger partial charge in [0.2, 0.25) is 0 Å². The van der Waals surface area contributed by atoms with Gasteiger partial charge in [-0.05, 0) is 49.8 Å². The molecule has 4 rings (SSSR count). The molecule has 0 bridgehead atoms. The van der Waals surface area contributed by atoms with E-state index >= 15 is 0 Å². The summed E-state index contributed by atoms with van der Waals surface area (Å²) in [6, 6.07) is 10.3. The molecule has 9 heteroatoms. The van der Waals surface area contributed by atoms with Gasteiger partial charge in [0.05, 0.1) is 26.7 Å². The van der Waals surface area contributed by atoms with Gasteiger partial charge in [-0.2, -0.15) is 5.26 Å². The van der Waals surface area contributed by atoms with Crippen molar-refractivity contribution in [1.82, 2.24) is 0 Å². The molecule has 7 nitrogen and oxygen atoms in total. The number of anilines is 1. The number of nitriles is 1. The van der Waals surface area contributed by atoms with Crippen LogP contribution in [-0.4, -0.2) is 17.0 Å². The Bertz CT molecular complexity index is 1190. The lowest BCUT2D eigenvalue weighted by molar-refractivity contribution is -0.384. The Kier molecular flexibility index (Phi) is 5.60. The average Bonchev–Trinajstić information content (AvgIpc) is 3.13. The SMILES string of the molecule is CSc1sc(C)cc1[C@H]1C(C#N)=C(N)N(c2ccc([N+](=O)[O-])cc2)C2=C1C(=O)CCC2. The number of non-ortho nitro benzene ring substituents is 1. The average molecular weight is 453 g/mol. The number of hydrogen-bond donors (Lipinski definition) is 1. The smallest absolute Gasteiger partial charge is 0.269 e. The van der Waals surface area contributed by atoms with Crippen molar-refractivity contribution in [3.63, 3.8) is 0 Å². The molecule has 1 aliphatic carbocycles. The first-order valence-corrected chi connectivity index (χ1v) is 11.8. The molecule has 0 amide bonds. The molecule has 1 aromatic carbocycles. The third kappa shape index (κ3) is 3.52. The van der Waals surface area contributed by atoms with Gasteiger partial charge in [0.25, 0.3) is 5.69 Å². The van der Waals surface area contributed by atoms with Crippen molar-refractivity contribution in [2.75, 3.05) is 11.2 Å². The van der Waals surface area contributed by atoms with Gasteiger partial charge in [0.1, 0.15) is 5.82 Å². The Hall–Kier alpha value is -3.09. The molecule has 0 radical (unpaired) electrons. The van der Waals surface area contributed by atoms with Crippen LogP contribution in [0.3, 0.4) is 0 Å². The standard InChI is InChI=1S/C22H20N4O3S2/c1-12-10-15(22(30-2)31-12)19-16(11-23)21(24)25(17-4-3-5-18(27)20(17)19)13-6-8-14(9-7-13)26(28)29/h6-10,19H,3-5,24H2,1-2H3/t19-/m0/s1. The van der Waals surface area contributed by atoms with E-state index in [-0.39, 0.29) is 17.3 Å². The lowest BCUT2D eigenvalue weighted by atomic mass is 9.76. The predicted molar refractivity (Wildman–Crippen MR) is 122 cm³/mol. The molecule has 0 saturated carbocycles. The van der Waals surface area contributed by atoms with Crippen molar-refractivity contribution >= 4 is 40.3 Å². The zero-order chi connectivity index (χ0) is 22.3. The van der Waals surface area contributed by atoms with Crippen molar-refractivity contribution in [3.8, 4) is 6.07 Å². The molecule has 1 aromatic heterocycles. The number of carbonyl (C=O) groups is 1. The van der Waals surface area contributed by atoms with Crippen LogP contribution < -0.4 is 10.6 Å². The summed E-state index contributed by atoms with van der Waals surface area (Å²) in [7, 11) is 0. The number of Topliss-reactive ketones (excluding diaryl/α,β-unsaturated/α-hetero) is 1. The van der Waals surface area contributed by atoms with Gasteiger partial charge in [-0.1, -0.05) is 0 Å². The number of benzene rings is 1. The lowest BCUT2D eigenvalue weighted by Gasteiger charge is -2.39. The van der Waals surface area contributed by atoms with E-state index in [2.05, 4.69) is 6.07 Å². The monoisotopic (exact) mass is 452 g/mol. The Morgan fingerprint density at radius 2 is 2.03 bits per heavy atom. The fraction of sp³-hybridized carbons (Fsp3) is 0.273. The molecule has 0 fully saturated rings. The topological polar surface area (TPSA) is 113 Å². The number of aryl methyl sites for hydroxylation is 1. The largest absolute Gasteiger partial charge is 0.384 e. The molecule has 0 spiro atoms. The van der Waals surface area contributed by atoms with Gasteiger partial charge < -0.3 is 5.73 Å². The van der Waals surface area contributed by atoms with Gasteiger partial charge in [-0.15, -0.1) is 23.1 Å². The van der Waals surface area contributed by atoms with Gasteiger partial charge in [0.15, 0.2) is 5.78 Å². The number of hydrogen-bond acceptors (Lipinski definition) is 8. The van der Waals surface area contributed by atoms with E-state index in [9.17, 15) is 20.2 Å². The first-order valence-electron chi connectivity index (χ1n) is 9.72. The fourth-order valence-electron chi connectivity index (χ4n) is 4.29. The van der Waals surface area contributed by atoms with Crippen LogP contribution in [0.2, 0.25) is 0 Å². The van der Waals surface area contributed by atoms with Gasteiger partial charge in [-0.3, -0.25) is 19.8 Å². The molecule has 2 aromatic rings. The maximum Gasteiger partial charge on any atom is 0.269 e. The highest BCUT2D eigenvalue weighted by molar-refractivity contribution is 8.00. The van der Waals surface area contributed by atoms with Crippen LogP contribution in [0.5, 0.6) is 0 Å². The fourth-order valence-corrected chi connectivity index (χ4v) is 6.20. The highest BCUT2D eigenvalue weighted by atomic mass is 32.2. The van der Waals surface area contributed by atoms with E-state index in [4.69, 9.17) is 5.73 Å². The predicted octanol–water partition coefficient (Wildman–Crippen LogP) is 4.99. The highest BCUT2D eigenvalue weighted by Crippen LogP contribution is 2.49. The van der Waals surface area contributed by atoms with Crippen LogP contribution in [0.1, 0.15) is 35.6 Å². The second-order valence-corrected chi connectivity index (χ2v) is 9.72. The van der Waals surface area contributed by atoms with E-state index in [1.807, 2.05) is 19.2 Å². The van der Waals surface area contributed by atoms with Crippen molar-refractivity contribution in [2.45, 2.75) is 36.3 Å². The maximum absolute atomic E-state index is 13.2. The summed E-state index contributed by atoms with van der Waals surface area (Å²) >= 11 is 3.24. The number of thioether (sulfide) groups is 1. The number of rotatable bonds is 4. The minimum Gasteiger partial charge on any atom is -0.384 e. The van der Waals surface area contributed by atoms with E-state index < -0.39 is 10.8 Å². The van der Waals surface area contributed by atoms with Crippen LogP contribution in [0.25, 0.3) is 0 Å². The maximum atomic E-state index is 13.2. The summed E-state index contributed by atoms with van der Waals surface area (Å²) in [4.78, 5) is 26.6. The summed E-state index contributed by atoms with van der Waals surface area (Å²) in [6.07, 6.45) is 3.75. The minimum absolute atomic E-state index is 0.0225. The lowest BCUT2D eigenvalue weighted by Crippen LogP contribution is -2.38. The number of ketones is 1. The Morgan fingerprint density at radius 3 is 2.65 bits per heavy atom. The Labute approximate surface area is 188 Å². The normalized spacial score (nSPS) is 18.8. The van der Waals surface area contributed by atoms with E-state index in [1.54, 1.807) is 40.1 Å². The van der Waals surface area contributed by atoms with E-state index in [0.29, 0.717) is 36.1 Å². The highest BCUT2D eigenvalue weighted by Gasteiger charge is 2.41. The minimum atomic E-state index is -0.491. The molecule has 2 N–H and O–H groups in total. The van der Waals surface area contributed by atoms with Gasteiger partial charge in [0, 0.05) is 40.4 Å². The van der Waals surface area contributed by atoms with Crippen LogP contribution in [0.15, 0.2) is 57.2 Å². The Balaban J connectivity index is 1.94. The second-order valence-electron chi connectivity index (χ2n) is 7.39. The van der Waals surface area contributed by atoms with Crippen LogP contribution in [0.4, 0.5) is 11.4 Å². The Morgan fingerprint density at radius 1 is 1.32 bits per heavy atom. The van der Waals surface area contributed by atoms with Crippen LogP contribution in [0, 0.1) is 28.4 Å². The molecule has 158 valence electrons. The van der Waals surface area contributed by atoms with Crippen molar-refractivity contribution < 1.29 is 9.72 Å². The first-order chi connectivity index (χ1) is 14.9. The number of thiophene rings is 1. The van der Waals surface area contributed by atoms with Crippen LogP contribution >= 0.6 is 23.1 Å². The van der Waals surface area contributed by atoms with E-state index in [0.717, 1.165) is 20.3 Å². The second kappa shape index (κ2) is 8.21. The summed E-state index contributed by atoms with van der Waals surface area (Å²) in [5.74, 6) is -0.200. The molecule has 0 unspecified atom stereocenters. The van der Waals surface area contributed by atoms with Crippen molar-refractivity contribution in [1.29, 1.82) is 5.26 Å². The summed E-state index contributed by atoms with van der Waals surface area (Å²) in [5, 5.41) is 21.1. The third-order valence-corrected chi connectivity index (χ3v) is 7.79. The third-order valence-electron chi connectivity index (χ3n) is 5.58. The number of nitrogens with two attached hydrogens (primary N) is 1. The number of allylic oxidation sites excluding steroid dienone is 3. The summed E-state index contributed by atoms with van der Waals surface area (Å²) in [5.41, 5.74) is 9.78. The molecular formula is C22H20N4O3S2. The number of carbonyl (C=O) groups excluding carboxylic acids is 1. The summed E-state index contributed by atoms with van der Waals surface area (Å²) in [6.45, 7) is 2.01. The summed E-state index contributed by atoms with van der Waals surface area (Å²) < 4.78 is 1.07. The molecule has 1 atom stereocenters. The molecule has 1 aliphatic heterocycles. The number of nitro benzene ring substituents is 1. The number of nitro groups is 1. The van der Waals surface area contributed by atoms with Crippen LogP contribution in [-0.2, 0) is 4.79 Å². The molecule has 2 heterocycles. The molecule has 0 saturated heterocycles. The van der Waals surface area contributed by atoms with Gasteiger partial charge >= 0.3 is 0 Å². The van der Waals surface area contributed by atoms with Crippen molar-refractivity contribution in [3.05, 3.63) is 73.6 Å². The van der Waals surface area contributed by atoms with E-state index in [1.165, 1.54) is 12.1 Å². The molecule has 31 heavy (non-hydrogen) atoms. The quantitative estimate of drug-likeness (QED) is 0.395. The first kappa shape index (κ1) is 21.2. The molecule has 2 aliphatic rings. The van der Waals surface area contributed by atoms with Crippen molar-refractivity contribution in [2.24, 2.45) is 5.73 Å². The number of nitrogens with zero attached hydrogens (tertiary/aromatic N) is 3. The molecular weight excluding hydrogens is 432 g/mol. The zero-order valence-corrected chi connectivity index (χ0v) is 18.7. The van der Waals surface area contributed by atoms with Gasteiger partial charge in [-0.25, -0.2) is 0 Å².